The summed E-state index contributed by atoms with van der Waals surface area (Å²) >= 11 is 0. The van der Waals surface area contributed by atoms with Gasteiger partial charge in [-0.1, -0.05) is 19.0 Å². The first-order chi connectivity index (χ1) is 7.93. The molecular weight excluding hydrogens is 222 g/mol. The Morgan fingerprint density at radius 3 is 2.71 bits per heavy atom. The maximum atomic E-state index is 11.5. The summed E-state index contributed by atoms with van der Waals surface area (Å²) in [5.74, 6) is -0.353. The number of hydrogen-bond acceptors (Lipinski definition) is 5. The monoisotopic (exact) mass is 237 g/mol. The molecule has 17 heavy (non-hydrogen) atoms. The van der Waals surface area contributed by atoms with Crippen LogP contribution in [-0.4, -0.2) is 26.9 Å². The Morgan fingerprint density at radius 2 is 2.18 bits per heavy atom. The lowest BCUT2D eigenvalue weighted by atomic mass is 10.2. The lowest BCUT2D eigenvalue weighted by molar-refractivity contribution is -0.118. The second-order valence-corrected chi connectivity index (χ2v) is 3.85. The molecule has 4 N–H and O–H groups in total. The van der Waals surface area contributed by atoms with Crippen molar-refractivity contribution in [2.75, 3.05) is 5.32 Å². The summed E-state index contributed by atoms with van der Waals surface area (Å²) < 4.78 is 0. The Morgan fingerprint density at radius 1 is 1.53 bits per heavy atom. The number of anilines is 1. The zero-order valence-electron chi connectivity index (χ0n) is 9.93. The highest BCUT2D eigenvalue weighted by Crippen LogP contribution is 2.06. The summed E-state index contributed by atoms with van der Waals surface area (Å²) in [6, 6.07) is 1.56. The third-order valence-corrected chi connectivity index (χ3v) is 1.98. The minimum atomic E-state index is -0.193. The number of amides is 1. The van der Waals surface area contributed by atoms with E-state index >= 15 is 0 Å². The van der Waals surface area contributed by atoms with E-state index in [1.165, 1.54) is 0 Å². The molecule has 0 fully saturated rings. The van der Waals surface area contributed by atoms with Crippen molar-refractivity contribution < 1.29 is 10.0 Å². The van der Waals surface area contributed by atoms with E-state index in [9.17, 15) is 4.79 Å². The van der Waals surface area contributed by atoms with Crippen LogP contribution >= 0.6 is 0 Å². The maximum absolute atomic E-state index is 11.5. The predicted octanol–water partition coefficient (Wildman–Crippen LogP) is 0.474. The number of amidine groups is 1. The molecule has 1 aromatic rings. The molecule has 1 aromatic heterocycles. The van der Waals surface area contributed by atoms with Gasteiger partial charge in [-0.2, -0.15) is 0 Å². The largest absolute Gasteiger partial charge is 0.409 e. The summed E-state index contributed by atoms with van der Waals surface area (Å²) in [4.78, 5) is 19.5. The van der Waals surface area contributed by atoms with Crippen LogP contribution in [0.3, 0.4) is 0 Å². The number of carbonyl (C=O) groups is 1. The highest BCUT2D eigenvalue weighted by atomic mass is 16.4. The fraction of sp³-hybridized carbons (Fsp3) is 0.400. The third-order valence-electron chi connectivity index (χ3n) is 1.98. The second-order valence-electron chi connectivity index (χ2n) is 3.85. The van der Waals surface area contributed by atoms with Crippen LogP contribution in [0.2, 0.25) is 0 Å². The van der Waals surface area contributed by atoms with Gasteiger partial charge < -0.3 is 10.9 Å². The van der Waals surface area contributed by atoms with Gasteiger partial charge in [-0.15, -0.1) is 0 Å². The third kappa shape index (κ3) is 3.40. The van der Waals surface area contributed by atoms with Gasteiger partial charge in [0.05, 0.1) is 0 Å². The Bertz CT molecular complexity index is 456. The Labute approximate surface area is 98.8 Å². The molecule has 0 aromatic carbocycles. The van der Waals surface area contributed by atoms with Gasteiger partial charge in [0.2, 0.25) is 11.9 Å². The van der Waals surface area contributed by atoms with Gasteiger partial charge in [0, 0.05) is 11.6 Å². The number of aromatic nitrogens is 2. The average Bonchev–Trinajstić information content (AvgIpc) is 2.26. The number of carbonyl (C=O) groups excluding carboxylic acids is 1. The van der Waals surface area contributed by atoms with Crippen LogP contribution in [0.5, 0.6) is 0 Å². The van der Waals surface area contributed by atoms with Crippen LogP contribution < -0.4 is 11.1 Å². The molecule has 1 rings (SSSR count). The molecule has 0 aliphatic rings. The molecule has 0 aliphatic carbocycles. The Balaban J connectivity index is 3.02. The highest BCUT2D eigenvalue weighted by molar-refractivity contribution is 5.96. The molecule has 0 unspecified atom stereocenters. The first kappa shape index (κ1) is 12.9. The van der Waals surface area contributed by atoms with Crippen molar-refractivity contribution in [2.45, 2.75) is 20.8 Å². The Hall–Kier alpha value is -2.18. The summed E-state index contributed by atoms with van der Waals surface area (Å²) in [6.45, 7) is 5.24. The van der Waals surface area contributed by atoms with Gasteiger partial charge in [0.1, 0.15) is 5.69 Å². The molecular formula is C10H15N5O2. The molecule has 7 nitrogen and oxygen atoms in total. The smallest absolute Gasteiger partial charge is 0.230 e. The van der Waals surface area contributed by atoms with E-state index < -0.39 is 0 Å². The van der Waals surface area contributed by atoms with Gasteiger partial charge in [0.15, 0.2) is 5.84 Å². The summed E-state index contributed by atoms with van der Waals surface area (Å²) in [7, 11) is 0. The van der Waals surface area contributed by atoms with Crippen molar-refractivity contribution in [3.63, 3.8) is 0 Å². The minimum absolute atomic E-state index is 0.129. The number of hydrogen-bond donors (Lipinski definition) is 3. The molecule has 0 spiro atoms. The van der Waals surface area contributed by atoms with Gasteiger partial charge >= 0.3 is 0 Å². The maximum Gasteiger partial charge on any atom is 0.230 e. The van der Waals surface area contributed by atoms with Crippen molar-refractivity contribution in [1.29, 1.82) is 0 Å². The number of nitrogens with one attached hydrogen (secondary N) is 1. The van der Waals surface area contributed by atoms with Crippen molar-refractivity contribution in [2.24, 2.45) is 16.8 Å². The molecule has 0 aliphatic heterocycles. The average molecular weight is 237 g/mol. The van der Waals surface area contributed by atoms with E-state index in [-0.39, 0.29) is 29.3 Å². The number of oxime groups is 1. The van der Waals surface area contributed by atoms with Crippen LogP contribution in [0, 0.1) is 12.8 Å². The lowest BCUT2D eigenvalue weighted by Crippen LogP contribution is -2.22. The van der Waals surface area contributed by atoms with Crippen molar-refractivity contribution in [3.8, 4) is 0 Å². The van der Waals surface area contributed by atoms with Gasteiger partial charge in [-0.25, -0.2) is 9.97 Å². The van der Waals surface area contributed by atoms with Crippen LogP contribution in [0.25, 0.3) is 0 Å². The van der Waals surface area contributed by atoms with E-state index in [1.54, 1.807) is 26.8 Å². The quantitative estimate of drug-likeness (QED) is 0.306. The molecule has 0 saturated heterocycles. The van der Waals surface area contributed by atoms with Crippen molar-refractivity contribution in [1.82, 2.24) is 9.97 Å². The predicted molar refractivity (Wildman–Crippen MR) is 62.7 cm³/mol. The molecule has 1 heterocycles. The van der Waals surface area contributed by atoms with Gasteiger partial charge in [-0.05, 0) is 13.0 Å². The zero-order valence-corrected chi connectivity index (χ0v) is 9.93. The first-order valence-electron chi connectivity index (χ1n) is 5.08. The Kier molecular flexibility index (Phi) is 3.97. The van der Waals surface area contributed by atoms with Crippen LogP contribution in [0.15, 0.2) is 11.2 Å². The molecule has 0 atom stereocenters. The standard InChI is InChI=1S/C10H15N5O2/c1-5(2)9(16)14-10-12-6(3)4-7(13-10)8(11)15-17/h4-5,17H,1-3H3,(H2,11,15)(H,12,13,14,16). The molecule has 1 amide bonds. The molecule has 0 saturated carbocycles. The number of nitrogens with two attached hydrogens (primary N) is 1. The van der Waals surface area contributed by atoms with E-state index in [0.29, 0.717) is 5.69 Å². The van der Waals surface area contributed by atoms with E-state index in [1.807, 2.05) is 0 Å². The lowest BCUT2D eigenvalue weighted by Gasteiger charge is -2.08. The minimum Gasteiger partial charge on any atom is -0.409 e. The summed E-state index contributed by atoms with van der Waals surface area (Å²) in [5.41, 5.74) is 6.29. The first-order valence-corrected chi connectivity index (χ1v) is 5.08. The number of rotatable bonds is 3. The fourth-order valence-electron chi connectivity index (χ4n) is 1.06. The van der Waals surface area contributed by atoms with Crippen LogP contribution in [-0.2, 0) is 4.79 Å². The van der Waals surface area contributed by atoms with Crippen molar-refractivity contribution >= 4 is 17.7 Å². The summed E-state index contributed by atoms with van der Waals surface area (Å²) in [5, 5.41) is 14.0. The molecule has 0 bridgehead atoms. The van der Waals surface area contributed by atoms with E-state index in [0.717, 1.165) is 0 Å². The van der Waals surface area contributed by atoms with Gasteiger partial charge in [0.25, 0.3) is 0 Å². The number of nitrogens with zero attached hydrogens (tertiary/aromatic N) is 3. The van der Waals surface area contributed by atoms with Crippen LogP contribution in [0.1, 0.15) is 25.2 Å². The number of aryl methyl sites for hydroxylation is 1. The van der Waals surface area contributed by atoms with E-state index in [4.69, 9.17) is 10.9 Å². The van der Waals surface area contributed by atoms with Crippen molar-refractivity contribution in [3.05, 3.63) is 17.5 Å². The van der Waals surface area contributed by atoms with Crippen LogP contribution in [0.4, 0.5) is 5.95 Å². The zero-order chi connectivity index (χ0) is 13.0. The van der Waals surface area contributed by atoms with E-state index in [2.05, 4.69) is 20.4 Å². The highest BCUT2D eigenvalue weighted by Gasteiger charge is 2.11. The second kappa shape index (κ2) is 5.24. The van der Waals surface area contributed by atoms with Gasteiger partial charge in [-0.3, -0.25) is 10.1 Å². The normalized spacial score (nSPS) is 11.6. The SMILES string of the molecule is Cc1cc(C(N)=NO)nc(NC(=O)C(C)C)n1. The molecule has 92 valence electrons. The molecule has 0 radical (unpaired) electrons. The fourth-order valence-corrected chi connectivity index (χ4v) is 1.06. The summed E-state index contributed by atoms with van der Waals surface area (Å²) in [6.07, 6.45) is 0. The topological polar surface area (TPSA) is 113 Å². The molecule has 7 heteroatoms.